The van der Waals surface area contributed by atoms with Crippen molar-refractivity contribution in [3.8, 4) is 56.3 Å². The molecule has 3 heteroatoms. The molecule has 224 valence electrons. The molecule has 3 nitrogen and oxygen atoms in total. The highest BCUT2D eigenvalue weighted by molar-refractivity contribution is 6.22. The molecule has 48 heavy (non-hydrogen) atoms. The molecule has 9 aromatic rings. The molecule has 0 saturated heterocycles. The highest BCUT2D eigenvalue weighted by Gasteiger charge is 2.15. The SMILES string of the molecule is c1ccc(-c2ccc(-c3nc(-c4ccccc4)cc(-c4cccc(-c5nc6ccccc6c6c5ccc5ccccc56)c4)n3)cc2)cc1. The summed E-state index contributed by atoms with van der Waals surface area (Å²) < 4.78 is 0. The van der Waals surface area contributed by atoms with Crippen LogP contribution in [0.2, 0.25) is 0 Å². The fourth-order valence-corrected chi connectivity index (χ4v) is 6.69. The van der Waals surface area contributed by atoms with E-state index in [4.69, 9.17) is 15.0 Å². The lowest BCUT2D eigenvalue weighted by Crippen LogP contribution is -1.96. The topological polar surface area (TPSA) is 38.7 Å². The predicted octanol–water partition coefficient (Wildman–Crippen LogP) is 11.7. The molecule has 0 spiro atoms. The lowest BCUT2D eigenvalue weighted by molar-refractivity contribution is 1.18. The fraction of sp³-hybridized carbons (Fsp3) is 0. The number of hydrogen-bond donors (Lipinski definition) is 0. The largest absolute Gasteiger partial charge is 0.247 e. The number of para-hydroxylation sites is 1. The number of nitrogens with zero attached hydrogens (tertiary/aromatic N) is 3. The van der Waals surface area contributed by atoms with Gasteiger partial charge < -0.3 is 0 Å². The number of benzene rings is 7. The molecule has 0 aliphatic heterocycles. The summed E-state index contributed by atoms with van der Waals surface area (Å²) in [5.41, 5.74) is 10.1. The molecule has 0 aliphatic rings. The minimum absolute atomic E-state index is 0.692. The molecule has 2 heterocycles. The molecule has 0 radical (unpaired) electrons. The molecule has 9 rings (SSSR count). The van der Waals surface area contributed by atoms with Crippen LogP contribution < -0.4 is 0 Å². The minimum atomic E-state index is 0.692. The summed E-state index contributed by atoms with van der Waals surface area (Å²) in [7, 11) is 0. The maximum absolute atomic E-state index is 5.25. The van der Waals surface area contributed by atoms with Gasteiger partial charge in [-0.05, 0) is 40.1 Å². The molecule has 0 aliphatic carbocycles. The maximum Gasteiger partial charge on any atom is 0.160 e. The Labute approximate surface area is 278 Å². The number of pyridine rings is 1. The highest BCUT2D eigenvalue weighted by atomic mass is 14.9. The van der Waals surface area contributed by atoms with Gasteiger partial charge in [0.1, 0.15) is 0 Å². The first-order valence-corrected chi connectivity index (χ1v) is 16.2. The van der Waals surface area contributed by atoms with Crippen molar-refractivity contribution < 1.29 is 0 Å². The first-order valence-electron chi connectivity index (χ1n) is 16.2. The fourth-order valence-electron chi connectivity index (χ4n) is 6.69. The average molecular weight is 612 g/mol. The Bertz CT molecular complexity index is 2580. The van der Waals surface area contributed by atoms with Crippen LogP contribution in [0, 0.1) is 0 Å². The molecule has 0 amide bonds. The number of hydrogen-bond acceptors (Lipinski definition) is 3. The van der Waals surface area contributed by atoms with Crippen LogP contribution >= 0.6 is 0 Å². The van der Waals surface area contributed by atoms with Crippen molar-refractivity contribution in [1.82, 2.24) is 15.0 Å². The standard InChI is InChI=1S/C45H29N3/c1-3-12-30(13-4-1)31-22-24-34(25-23-31)45-47-41(33-15-5-2-6-16-33)29-42(48-45)35-17-11-18-36(28-35)44-39-27-26-32-14-7-8-19-37(32)43(39)38-20-9-10-21-40(38)46-44/h1-29H. The van der Waals surface area contributed by atoms with Gasteiger partial charge in [-0.2, -0.15) is 0 Å². The third kappa shape index (κ3) is 4.99. The van der Waals surface area contributed by atoms with Crippen LogP contribution in [0.1, 0.15) is 0 Å². The van der Waals surface area contributed by atoms with E-state index in [1.807, 2.05) is 24.3 Å². The Balaban J connectivity index is 1.21. The van der Waals surface area contributed by atoms with Crippen LogP contribution in [0.15, 0.2) is 176 Å². The van der Waals surface area contributed by atoms with Crippen molar-refractivity contribution in [3.05, 3.63) is 176 Å². The van der Waals surface area contributed by atoms with E-state index in [2.05, 4.69) is 152 Å². The summed E-state index contributed by atoms with van der Waals surface area (Å²) >= 11 is 0. The summed E-state index contributed by atoms with van der Waals surface area (Å²) in [5, 5.41) is 5.98. The lowest BCUT2D eigenvalue weighted by Gasteiger charge is -2.14. The zero-order valence-electron chi connectivity index (χ0n) is 26.1. The second-order valence-corrected chi connectivity index (χ2v) is 12.0. The van der Waals surface area contributed by atoms with Gasteiger partial charge in [-0.3, -0.25) is 0 Å². The van der Waals surface area contributed by atoms with Crippen LogP contribution in [-0.4, -0.2) is 15.0 Å². The molecule has 0 N–H and O–H groups in total. The van der Waals surface area contributed by atoms with Gasteiger partial charge in [0, 0.05) is 38.4 Å². The van der Waals surface area contributed by atoms with Crippen LogP contribution in [0.25, 0.3) is 88.7 Å². The Hall–Kier alpha value is -6.45. The smallest absolute Gasteiger partial charge is 0.160 e. The van der Waals surface area contributed by atoms with Crippen LogP contribution in [0.3, 0.4) is 0 Å². The first kappa shape index (κ1) is 27.8. The first-order chi connectivity index (χ1) is 23.8. The summed E-state index contributed by atoms with van der Waals surface area (Å²) in [6, 6.07) is 61.4. The van der Waals surface area contributed by atoms with Crippen molar-refractivity contribution >= 4 is 32.4 Å². The van der Waals surface area contributed by atoms with Crippen molar-refractivity contribution in [3.63, 3.8) is 0 Å². The summed E-state index contributed by atoms with van der Waals surface area (Å²) in [4.78, 5) is 15.5. The molecular formula is C45H29N3. The summed E-state index contributed by atoms with van der Waals surface area (Å²) in [5.74, 6) is 0.692. The Morgan fingerprint density at radius 3 is 1.69 bits per heavy atom. The molecular weight excluding hydrogens is 583 g/mol. The van der Waals surface area contributed by atoms with Gasteiger partial charge in [0.2, 0.25) is 0 Å². The zero-order valence-corrected chi connectivity index (χ0v) is 26.1. The zero-order chi connectivity index (χ0) is 31.9. The van der Waals surface area contributed by atoms with Gasteiger partial charge in [-0.1, -0.05) is 158 Å². The molecule has 0 bridgehead atoms. The van der Waals surface area contributed by atoms with Crippen molar-refractivity contribution in [2.45, 2.75) is 0 Å². The maximum atomic E-state index is 5.25. The van der Waals surface area contributed by atoms with Crippen LogP contribution in [0.4, 0.5) is 0 Å². The third-order valence-corrected chi connectivity index (χ3v) is 9.07. The van der Waals surface area contributed by atoms with Gasteiger partial charge in [0.05, 0.1) is 22.6 Å². The molecule has 2 aromatic heterocycles. The summed E-state index contributed by atoms with van der Waals surface area (Å²) in [6.07, 6.45) is 0. The van der Waals surface area contributed by atoms with E-state index in [0.29, 0.717) is 5.82 Å². The van der Waals surface area contributed by atoms with E-state index in [1.54, 1.807) is 0 Å². The van der Waals surface area contributed by atoms with Crippen molar-refractivity contribution in [2.75, 3.05) is 0 Å². The van der Waals surface area contributed by atoms with E-state index in [-0.39, 0.29) is 0 Å². The Kier molecular flexibility index (Phi) is 6.80. The highest BCUT2D eigenvalue weighted by Crippen LogP contribution is 2.38. The second kappa shape index (κ2) is 11.7. The number of rotatable bonds is 5. The monoisotopic (exact) mass is 611 g/mol. The van der Waals surface area contributed by atoms with Gasteiger partial charge in [0.15, 0.2) is 5.82 Å². The van der Waals surface area contributed by atoms with Crippen molar-refractivity contribution in [2.24, 2.45) is 0 Å². The van der Waals surface area contributed by atoms with Gasteiger partial charge in [0.25, 0.3) is 0 Å². The van der Waals surface area contributed by atoms with Crippen LogP contribution in [0.5, 0.6) is 0 Å². The van der Waals surface area contributed by atoms with E-state index >= 15 is 0 Å². The quantitative estimate of drug-likeness (QED) is 0.182. The normalized spacial score (nSPS) is 11.3. The van der Waals surface area contributed by atoms with Crippen LogP contribution in [-0.2, 0) is 0 Å². The molecule has 0 atom stereocenters. The Morgan fingerprint density at radius 2 is 0.896 bits per heavy atom. The number of aromatic nitrogens is 3. The lowest BCUT2D eigenvalue weighted by atomic mass is 9.94. The average Bonchev–Trinajstić information content (AvgIpc) is 3.18. The van der Waals surface area contributed by atoms with E-state index in [1.165, 1.54) is 21.7 Å². The van der Waals surface area contributed by atoms with Crippen molar-refractivity contribution in [1.29, 1.82) is 0 Å². The molecule has 0 fully saturated rings. The van der Waals surface area contributed by atoms with E-state index < -0.39 is 0 Å². The second-order valence-electron chi connectivity index (χ2n) is 12.0. The van der Waals surface area contributed by atoms with E-state index in [9.17, 15) is 0 Å². The number of fused-ring (bicyclic) bond motifs is 5. The van der Waals surface area contributed by atoms with Gasteiger partial charge in [-0.15, -0.1) is 0 Å². The van der Waals surface area contributed by atoms with Gasteiger partial charge in [-0.25, -0.2) is 15.0 Å². The van der Waals surface area contributed by atoms with E-state index in [0.717, 1.165) is 61.2 Å². The minimum Gasteiger partial charge on any atom is -0.247 e. The third-order valence-electron chi connectivity index (χ3n) is 9.07. The summed E-state index contributed by atoms with van der Waals surface area (Å²) in [6.45, 7) is 0. The van der Waals surface area contributed by atoms with Gasteiger partial charge >= 0.3 is 0 Å². The Morgan fingerprint density at radius 1 is 0.312 bits per heavy atom. The molecule has 7 aromatic carbocycles. The molecule has 0 saturated carbocycles. The molecule has 0 unspecified atom stereocenters. The predicted molar refractivity (Wildman–Crippen MR) is 200 cm³/mol.